The molecule has 4 nitrogen and oxygen atoms in total. The molecule has 2 saturated heterocycles. The van der Waals surface area contributed by atoms with Gasteiger partial charge in [0.25, 0.3) is 0 Å². The minimum absolute atomic E-state index is 0.311. The Morgan fingerprint density at radius 1 is 0.875 bits per heavy atom. The standard InChI is InChI=1S/C20H34N2O2/c1-15(2)17-8-12-21(13-9-17)19(23)14-16-6-10-22(11-7-16)20(24)18-4-3-5-18/h15-18H,3-14H2,1-2H3. The second-order valence-corrected chi connectivity index (χ2v) is 8.56. The molecule has 3 aliphatic rings. The van der Waals surface area contributed by atoms with Crippen LogP contribution in [0.25, 0.3) is 0 Å². The highest BCUT2D eigenvalue weighted by atomic mass is 16.2. The summed E-state index contributed by atoms with van der Waals surface area (Å²) in [5, 5.41) is 0. The van der Waals surface area contributed by atoms with Gasteiger partial charge in [0.15, 0.2) is 0 Å². The van der Waals surface area contributed by atoms with Gasteiger partial charge in [-0.1, -0.05) is 20.3 Å². The monoisotopic (exact) mass is 334 g/mol. The first kappa shape index (κ1) is 17.8. The Morgan fingerprint density at radius 2 is 1.46 bits per heavy atom. The summed E-state index contributed by atoms with van der Waals surface area (Å²) < 4.78 is 0. The third-order valence-corrected chi connectivity index (χ3v) is 6.68. The van der Waals surface area contributed by atoms with Crippen molar-refractivity contribution in [2.75, 3.05) is 26.2 Å². The lowest BCUT2D eigenvalue weighted by Gasteiger charge is -2.38. The Kier molecular flexibility index (Phi) is 5.83. The Labute approximate surface area is 146 Å². The molecule has 0 spiro atoms. The van der Waals surface area contributed by atoms with Gasteiger partial charge < -0.3 is 9.80 Å². The lowest BCUT2D eigenvalue weighted by molar-refractivity contribution is -0.140. The molecule has 2 aliphatic heterocycles. The van der Waals surface area contributed by atoms with Crippen LogP contribution in [0.1, 0.15) is 65.2 Å². The highest BCUT2D eigenvalue weighted by molar-refractivity contribution is 5.80. The van der Waals surface area contributed by atoms with Crippen LogP contribution in [0.15, 0.2) is 0 Å². The Morgan fingerprint density at radius 3 is 1.96 bits per heavy atom. The molecule has 0 unspecified atom stereocenters. The van der Waals surface area contributed by atoms with Crippen molar-refractivity contribution in [3.05, 3.63) is 0 Å². The van der Waals surface area contributed by atoms with Crippen LogP contribution in [0.4, 0.5) is 0 Å². The maximum Gasteiger partial charge on any atom is 0.225 e. The normalized spacial score (nSPS) is 24.3. The molecule has 0 atom stereocenters. The van der Waals surface area contributed by atoms with Crippen molar-refractivity contribution >= 4 is 11.8 Å². The molecule has 2 heterocycles. The number of carbonyl (C=O) groups excluding carboxylic acids is 2. The van der Waals surface area contributed by atoms with Crippen LogP contribution in [-0.2, 0) is 9.59 Å². The van der Waals surface area contributed by atoms with Gasteiger partial charge >= 0.3 is 0 Å². The molecule has 24 heavy (non-hydrogen) atoms. The lowest BCUT2D eigenvalue weighted by atomic mass is 9.83. The Bertz CT molecular complexity index is 443. The molecule has 0 bridgehead atoms. The number of nitrogens with zero attached hydrogens (tertiary/aromatic N) is 2. The lowest BCUT2D eigenvalue weighted by Crippen LogP contribution is -2.45. The Balaban J connectivity index is 1.38. The summed E-state index contributed by atoms with van der Waals surface area (Å²) in [6.07, 6.45) is 8.43. The van der Waals surface area contributed by atoms with Crippen molar-refractivity contribution in [1.29, 1.82) is 0 Å². The van der Waals surface area contributed by atoms with Crippen LogP contribution in [0.2, 0.25) is 0 Å². The zero-order chi connectivity index (χ0) is 17.1. The van der Waals surface area contributed by atoms with Gasteiger partial charge in [-0.25, -0.2) is 0 Å². The molecule has 1 saturated carbocycles. The SMILES string of the molecule is CC(C)C1CCN(C(=O)CC2CCN(C(=O)C3CCC3)CC2)CC1. The molecule has 0 N–H and O–H groups in total. The first-order valence-corrected chi connectivity index (χ1v) is 10.1. The minimum Gasteiger partial charge on any atom is -0.343 e. The highest BCUT2D eigenvalue weighted by Gasteiger charge is 2.33. The second kappa shape index (κ2) is 7.88. The zero-order valence-corrected chi connectivity index (χ0v) is 15.5. The predicted octanol–water partition coefficient (Wildman–Crippen LogP) is 3.31. The van der Waals surface area contributed by atoms with Crippen LogP contribution in [0.3, 0.4) is 0 Å². The average molecular weight is 335 g/mol. The molecule has 136 valence electrons. The van der Waals surface area contributed by atoms with Crippen molar-refractivity contribution in [1.82, 2.24) is 9.80 Å². The van der Waals surface area contributed by atoms with Gasteiger partial charge in [0.2, 0.25) is 11.8 Å². The quantitative estimate of drug-likeness (QED) is 0.791. The Hall–Kier alpha value is -1.06. The molecule has 3 rings (SSSR count). The highest BCUT2D eigenvalue weighted by Crippen LogP contribution is 2.31. The predicted molar refractivity (Wildman–Crippen MR) is 95.4 cm³/mol. The number of carbonyl (C=O) groups is 2. The molecule has 0 aromatic rings. The molecule has 0 aromatic heterocycles. The fraction of sp³-hybridized carbons (Fsp3) is 0.900. The fourth-order valence-corrected chi connectivity index (χ4v) is 4.46. The number of rotatable bonds is 4. The topological polar surface area (TPSA) is 40.6 Å². The van der Waals surface area contributed by atoms with Crippen molar-refractivity contribution < 1.29 is 9.59 Å². The third-order valence-electron chi connectivity index (χ3n) is 6.68. The molecule has 4 heteroatoms. The molecule has 2 amide bonds. The summed E-state index contributed by atoms with van der Waals surface area (Å²) in [7, 11) is 0. The van der Waals surface area contributed by atoms with Gasteiger partial charge in [-0.2, -0.15) is 0 Å². The van der Waals surface area contributed by atoms with Crippen molar-refractivity contribution in [2.24, 2.45) is 23.7 Å². The summed E-state index contributed by atoms with van der Waals surface area (Å²) in [4.78, 5) is 29.0. The van der Waals surface area contributed by atoms with Gasteiger partial charge in [0, 0.05) is 38.5 Å². The number of hydrogen-bond acceptors (Lipinski definition) is 2. The van der Waals surface area contributed by atoms with E-state index in [1.165, 1.54) is 6.42 Å². The van der Waals surface area contributed by atoms with E-state index in [4.69, 9.17) is 0 Å². The molecule has 0 radical (unpaired) electrons. The smallest absolute Gasteiger partial charge is 0.225 e. The first-order valence-electron chi connectivity index (χ1n) is 10.1. The van der Waals surface area contributed by atoms with Crippen LogP contribution in [-0.4, -0.2) is 47.8 Å². The maximum atomic E-state index is 12.6. The van der Waals surface area contributed by atoms with E-state index in [9.17, 15) is 9.59 Å². The van der Waals surface area contributed by atoms with E-state index in [1.54, 1.807) is 0 Å². The number of hydrogen-bond donors (Lipinski definition) is 0. The molecule has 0 aromatic carbocycles. The van der Waals surface area contributed by atoms with Gasteiger partial charge in [-0.15, -0.1) is 0 Å². The summed E-state index contributed by atoms with van der Waals surface area (Å²) in [6.45, 7) is 8.20. The fourth-order valence-electron chi connectivity index (χ4n) is 4.46. The minimum atomic E-state index is 0.311. The zero-order valence-electron chi connectivity index (χ0n) is 15.5. The number of piperidine rings is 2. The number of likely N-dealkylation sites (tertiary alicyclic amines) is 2. The summed E-state index contributed by atoms with van der Waals surface area (Å²) in [6, 6.07) is 0. The van der Waals surface area contributed by atoms with Gasteiger partial charge in [0.1, 0.15) is 0 Å². The van der Waals surface area contributed by atoms with Crippen molar-refractivity contribution in [3.8, 4) is 0 Å². The van der Waals surface area contributed by atoms with E-state index in [1.807, 2.05) is 0 Å². The largest absolute Gasteiger partial charge is 0.343 e. The first-order chi connectivity index (χ1) is 11.5. The van der Waals surface area contributed by atoms with E-state index in [2.05, 4.69) is 23.6 Å². The third kappa shape index (κ3) is 4.12. The number of amides is 2. The van der Waals surface area contributed by atoms with E-state index in [0.29, 0.717) is 30.1 Å². The van der Waals surface area contributed by atoms with Gasteiger partial charge in [-0.05, 0) is 56.3 Å². The van der Waals surface area contributed by atoms with Gasteiger partial charge in [0.05, 0.1) is 0 Å². The summed E-state index contributed by atoms with van der Waals surface area (Å²) in [5.74, 6) is 3.04. The van der Waals surface area contributed by atoms with Crippen molar-refractivity contribution in [3.63, 3.8) is 0 Å². The van der Waals surface area contributed by atoms with E-state index < -0.39 is 0 Å². The molecule has 3 fully saturated rings. The van der Waals surface area contributed by atoms with Gasteiger partial charge in [-0.3, -0.25) is 9.59 Å². The van der Waals surface area contributed by atoms with Crippen LogP contribution in [0.5, 0.6) is 0 Å². The average Bonchev–Trinajstić information content (AvgIpc) is 2.54. The van der Waals surface area contributed by atoms with Crippen LogP contribution < -0.4 is 0 Å². The van der Waals surface area contributed by atoms with Crippen molar-refractivity contribution in [2.45, 2.75) is 65.2 Å². The van der Waals surface area contributed by atoms with E-state index >= 15 is 0 Å². The molecular formula is C20H34N2O2. The van der Waals surface area contributed by atoms with Crippen LogP contribution in [0, 0.1) is 23.7 Å². The molecule has 1 aliphatic carbocycles. The summed E-state index contributed by atoms with van der Waals surface area (Å²) >= 11 is 0. The van der Waals surface area contributed by atoms with Crippen LogP contribution >= 0.6 is 0 Å². The second-order valence-electron chi connectivity index (χ2n) is 8.56. The maximum absolute atomic E-state index is 12.6. The summed E-state index contributed by atoms with van der Waals surface area (Å²) in [5.41, 5.74) is 0. The van der Waals surface area contributed by atoms with E-state index in [-0.39, 0.29) is 0 Å². The molecular weight excluding hydrogens is 300 g/mol. The van der Waals surface area contributed by atoms with E-state index in [0.717, 1.165) is 76.5 Å².